The first-order chi connectivity index (χ1) is 6.86. The quantitative estimate of drug-likeness (QED) is 0.689. The molecule has 0 bridgehead atoms. The van der Waals surface area contributed by atoms with Crippen LogP contribution in [0.5, 0.6) is 0 Å². The van der Waals surface area contributed by atoms with Gasteiger partial charge in [-0.2, -0.15) is 0 Å². The van der Waals surface area contributed by atoms with Crippen molar-refractivity contribution in [2.75, 3.05) is 18.8 Å². The number of nitrogen functional groups attached to an aromatic ring is 1. The topological polar surface area (TPSA) is 55.4 Å². The fourth-order valence-electron chi connectivity index (χ4n) is 1.84. The van der Waals surface area contributed by atoms with Crippen LogP contribution in [0.3, 0.4) is 0 Å². The molecule has 0 aromatic carbocycles. The summed E-state index contributed by atoms with van der Waals surface area (Å²) in [5.41, 5.74) is 7.65. The molecule has 4 heteroatoms. The molecule has 0 unspecified atom stereocenters. The van der Waals surface area contributed by atoms with Gasteiger partial charge in [-0.1, -0.05) is 0 Å². The van der Waals surface area contributed by atoms with E-state index in [2.05, 4.69) is 14.7 Å². The minimum atomic E-state index is 0.541. The van der Waals surface area contributed by atoms with Crippen molar-refractivity contribution in [2.24, 2.45) is 0 Å². The lowest BCUT2D eigenvalue weighted by molar-refractivity contribution is 0.429. The highest BCUT2D eigenvalue weighted by Gasteiger charge is 2.23. The lowest BCUT2D eigenvalue weighted by Crippen LogP contribution is -2.40. The van der Waals surface area contributed by atoms with E-state index in [1.165, 1.54) is 0 Å². The van der Waals surface area contributed by atoms with Crippen LogP contribution < -0.4 is 11.1 Å². The summed E-state index contributed by atoms with van der Waals surface area (Å²) in [5, 5.41) is 3.24. The molecule has 0 radical (unpaired) electrons. The summed E-state index contributed by atoms with van der Waals surface area (Å²) in [6.45, 7) is 2.04. The second-order valence-corrected chi connectivity index (χ2v) is 3.69. The molecule has 0 spiro atoms. The van der Waals surface area contributed by atoms with Gasteiger partial charge in [0.25, 0.3) is 0 Å². The van der Waals surface area contributed by atoms with Crippen molar-refractivity contribution < 1.29 is 0 Å². The summed E-state index contributed by atoms with van der Waals surface area (Å²) in [6.07, 6.45) is 3.87. The van der Waals surface area contributed by atoms with Crippen molar-refractivity contribution in [2.45, 2.75) is 5.92 Å². The van der Waals surface area contributed by atoms with E-state index in [0.717, 1.165) is 30.1 Å². The number of nitrogens with zero attached hydrogens (tertiary/aromatic N) is 2. The standard InChI is InChI=1S/C10H12N4/c11-8-2-1-3-14-9(8)6-13-10(14)7-4-12-5-7/h1-3,6-7,12H,4-5,11H2. The van der Waals surface area contributed by atoms with Gasteiger partial charge in [0.15, 0.2) is 0 Å². The smallest absolute Gasteiger partial charge is 0.118 e. The number of anilines is 1. The molecule has 1 saturated heterocycles. The number of nitrogens with one attached hydrogen (secondary N) is 1. The Kier molecular flexibility index (Phi) is 1.52. The largest absolute Gasteiger partial charge is 0.397 e. The predicted molar refractivity (Wildman–Crippen MR) is 55.2 cm³/mol. The molecule has 3 N–H and O–H groups in total. The van der Waals surface area contributed by atoms with E-state index in [-0.39, 0.29) is 0 Å². The van der Waals surface area contributed by atoms with Gasteiger partial charge < -0.3 is 15.5 Å². The van der Waals surface area contributed by atoms with Crippen LogP contribution in [-0.4, -0.2) is 22.5 Å². The second-order valence-electron chi connectivity index (χ2n) is 3.69. The van der Waals surface area contributed by atoms with E-state index in [0.29, 0.717) is 5.92 Å². The fraction of sp³-hybridized carbons (Fsp3) is 0.300. The molecule has 3 heterocycles. The SMILES string of the molecule is Nc1cccn2c(C3CNC3)ncc12. The third-order valence-corrected chi connectivity index (χ3v) is 2.78. The Hall–Kier alpha value is -1.55. The van der Waals surface area contributed by atoms with Crippen LogP contribution >= 0.6 is 0 Å². The average Bonchev–Trinajstić information content (AvgIpc) is 2.48. The predicted octanol–water partition coefficient (Wildman–Crippen LogP) is 0.603. The Bertz CT molecular complexity index is 470. The molecule has 2 aromatic heterocycles. The highest BCUT2D eigenvalue weighted by atomic mass is 15.1. The maximum atomic E-state index is 5.85. The third kappa shape index (κ3) is 0.943. The van der Waals surface area contributed by atoms with E-state index in [1.54, 1.807) is 0 Å². The number of aromatic nitrogens is 2. The minimum absolute atomic E-state index is 0.541. The van der Waals surface area contributed by atoms with Crippen LogP contribution in [0.1, 0.15) is 11.7 Å². The number of nitrogens with two attached hydrogens (primary N) is 1. The van der Waals surface area contributed by atoms with Crippen molar-refractivity contribution in [3.63, 3.8) is 0 Å². The summed E-state index contributed by atoms with van der Waals surface area (Å²) in [6, 6.07) is 3.86. The average molecular weight is 188 g/mol. The monoisotopic (exact) mass is 188 g/mol. The van der Waals surface area contributed by atoms with Gasteiger partial charge in [0.1, 0.15) is 5.82 Å². The van der Waals surface area contributed by atoms with Crippen molar-refractivity contribution in [3.05, 3.63) is 30.4 Å². The molecule has 1 fully saturated rings. The second kappa shape index (κ2) is 2.72. The van der Waals surface area contributed by atoms with Crippen LogP contribution in [0.15, 0.2) is 24.5 Å². The molecule has 0 saturated carbocycles. The number of hydrogen-bond acceptors (Lipinski definition) is 3. The summed E-state index contributed by atoms with van der Waals surface area (Å²) >= 11 is 0. The van der Waals surface area contributed by atoms with Crippen molar-refractivity contribution >= 4 is 11.2 Å². The number of hydrogen-bond donors (Lipinski definition) is 2. The van der Waals surface area contributed by atoms with Gasteiger partial charge in [0, 0.05) is 25.2 Å². The van der Waals surface area contributed by atoms with Crippen molar-refractivity contribution in [1.82, 2.24) is 14.7 Å². The summed E-state index contributed by atoms with van der Waals surface area (Å²) in [5.74, 6) is 1.66. The lowest BCUT2D eigenvalue weighted by atomic mass is 10.0. The fourth-order valence-corrected chi connectivity index (χ4v) is 1.84. The van der Waals surface area contributed by atoms with Gasteiger partial charge in [-0.25, -0.2) is 4.98 Å². The molecular formula is C10H12N4. The molecule has 0 aliphatic carbocycles. The van der Waals surface area contributed by atoms with E-state index < -0.39 is 0 Å². The van der Waals surface area contributed by atoms with Crippen LogP contribution in [0.2, 0.25) is 0 Å². The summed E-state index contributed by atoms with van der Waals surface area (Å²) < 4.78 is 2.08. The zero-order valence-electron chi connectivity index (χ0n) is 7.77. The Balaban J connectivity index is 2.20. The molecular weight excluding hydrogens is 176 g/mol. The Labute approximate surface area is 81.7 Å². The van der Waals surface area contributed by atoms with Gasteiger partial charge in [0.2, 0.25) is 0 Å². The number of fused-ring (bicyclic) bond motifs is 1. The van der Waals surface area contributed by atoms with E-state index in [4.69, 9.17) is 5.73 Å². The highest BCUT2D eigenvalue weighted by molar-refractivity contribution is 5.68. The molecule has 1 aliphatic heterocycles. The van der Waals surface area contributed by atoms with Gasteiger partial charge >= 0.3 is 0 Å². The maximum absolute atomic E-state index is 5.85. The summed E-state index contributed by atoms with van der Waals surface area (Å²) in [4.78, 5) is 4.42. The highest BCUT2D eigenvalue weighted by Crippen LogP contribution is 2.22. The van der Waals surface area contributed by atoms with E-state index >= 15 is 0 Å². The Morgan fingerprint density at radius 1 is 1.50 bits per heavy atom. The van der Waals surface area contributed by atoms with Gasteiger partial charge in [0.05, 0.1) is 17.4 Å². The number of pyridine rings is 1. The first-order valence-corrected chi connectivity index (χ1v) is 4.78. The van der Waals surface area contributed by atoms with Gasteiger partial charge in [-0.3, -0.25) is 0 Å². The summed E-state index contributed by atoms with van der Waals surface area (Å²) in [7, 11) is 0. The molecule has 14 heavy (non-hydrogen) atoms. The molecule has 3 rings (SSSR count). The first kappa shape index (κ1) is 7.82. The molecule has 4 nitrogen and oxygen atoms in total. The third-order valence-electron chi connectivity index (χ3n) is 2.78. The zero-order chi connectivity index (χ0) is 9.54. The molecule has 2 aromatic rings. The first-order valence-electron chi connectivity index (χ1n) is 4.78. The van der Waals surface area contributed by atoms with E-state index in [9.17, 15) is 0 Å². The van der Waals surface area contributed by atoms with Gasteiger partial charge in [-0.15, -0.1) is 0 Å². The van der Waals surface area contributed by atoms with Crippen molar-refractivity contribution in [1.29, 1.82) is 0 Å². The van der Waals surface area contributed by atoms with Gasteiger partial charge in [-0.05, 0) is 12.1 Å². The van der Waals surface area contributed by atoms with Crippen LogP contribution in [-0.2, 0) is 0 Å². The maximum Gasteiger partial charge on any atom is 0.118 e. The molecule has 0 atom stereocenters. The van der Waals surface area contributed by atoms with E-state index in [1.807, 2.05) is 24.5 Å². The lowest BCUT2D eigenvalue weighted by Gasteiger charge is -2.25. The minimum Gasteiger partial charge on any atom is -0.397 e. The number of imidazole rings is 1. The molecule has 0 amide bonds. The number of rotatable bonds is 1. The molecule has 1 aliphatic rings. The van der Waals surface area contributed by atoms with Crippen LogP contribution in [0.4, 0.5) is 5.69 Å². The Morgan fingerprint density at radius 3 is 3.07 bits per heavy atom. The van der Waals surface area contributed by atoms with Crippen LogP contribution in [0, 0.1) is 0 Å². The zero-order valence-corrected chi connectivity index (χ0v) is 7.77. The Morgan fingerprint density at radius 2 is 2.36 bits per heavy atom. The van der Waals surface area contributed by atoms with Crippen molar-refractivity contribution in [3.8, 4) is 0 Å². The molecule has 72 valence electrons. The van der Waals surface area contributed by atoms with Crippen LogP contribution in [0.25, 0.3) is 5.52 Å². The normalized spacial score (nSPS) is 17.1.